The Morgan fingerprint density at radius 1 is 1.55 bits per heavy atom. The average Bonchev–Trinajstić information content (AvgIpc) is 1.98. The zero-order chi connectivity index (χ0) is 8.85. The van der Waals surface area contributed by atoms with Crippen molar-refractivity contribution in [2.24, 2.45) is 0 Å². The third-order valence-corrected chi connectivity index (χ3v) is 1.27. The number of carbonyl (C=O) groups is 1. The summed E-state index contributed by atoms with van der Waals surface area (Å²) in [4.78, 5) is 10.8. The molecule has 0 radical (unpaired) electrons. The first-order valence-corrected chi connectivity index (χ1v) is 3.50. The number of alkyl halides is 2. The Balaban J connectivity index is 3.52. The van der Waals surface area contributed by atoms with E-state index in [0.29, 0.717) is 6.42 Å². The fraction of sp³-hybridized carbons (Fsp3) is 0.857. The lowest BCUT2D eigenvalue weighted by Gasteiger charge is -2.09. The number of ether oxygens (including phenoxy) is 1. The maximum absolute atomic E-state index is 11.5. The van der Waals surface area contributed by atoms with E-state index in [1.54, 1.807) is 6.92 Å². The van der Waals surface area contributed by atoms with Gasteiger partial charge in [0.15, 0.2) is 5.78 Å². The predicted molar refractivity (Wildman–Crippen MR) is 36.7 cm³/mol. The van der Waals surface area contributed by atoms with Crippen molar-refractivity contribution < 1.29 is 18.3 Å². The highest BCUT2D eigenvalue weighted by molar-refractivity contribution is 5.82. The highest BCUT2D eigenvalue weighted by Crippen LogP contribution is 2.00. The molecule has 0 bridgehead atoms. The molecule has 0 fully saturated rings. The minimum Gasteiger partial charge on any atom is -0.365 e. The molecule has 0 aromatic carbocycles. The highest BCUT2D eigenvalue weighted by atomic mass is 19.3. The van der Waals surface area contributed by atoms with Gasteiger partial charge in [-0.3, -0.25) is 4.79 Å². The Labute approximate surface area is 64.5 Å². The summed E-state index contributed by atoms with van der Waals surface area (Å²) in [5.41, 5.74) is 0. The topological polar surface area (TPSA) is 26.3 Å². The van der Waals surface area contributed by atoms with E-state index < -0.39 is 19.1 Å². The van der Waals surface area contributed by atoms with Crippen LogP contribution >= 0.6 is 0 Å². The normalized spacial score (nSPS) is 13.5. The first-order valence-electron chi connectivity index (χ1n) is 3.50. The monoisotopic (exact) mass is 166 g/mol. The van der Waals surface area contributed by atoms with E-state index in [-0.39, 0.29) is 5.78 Å². The quantitative estimate of drug-likeness (QED) is 0.620. The summed E-state index contributed by atoms with van der Waals surface area (Å²) in [5, 5.41) is 0. The fourth-order valence-corrected chi connectivity index (χ4v) is 0.597. The number of hydrogen-bond donors (Lipinski definition) is 0. The molecule has 11 heavy (non-hydrogen) atoms. The number of ketones is 1. The Morgan fingerprint density at radius 3 is 2.45 bits per heavy atom. The number of rotatable bonds is 5. The van der Waals surface area contributed by atoms with Gasteiger partial charge in [0.25, 0.3) is 6.43 Å². The summed E-state index contributed by atoms with van der Waals surface area (Å²) in [6.07, 6.45) is -2.87. The van der Waals surface area contributed by atoms with Crippen LogP contribution in [0.3, 0.4) is 0 Å². The molecular formula is C7H12F2O2. The molecule has 0 spiro atoms. The van der Waals surface area contributed by atoms with Gasteiger partial charge in [-0.05, 0) is 6.92 Å². The highest BCUT2D eigenvalue weighted by Gasteiger charge is 2.13. The van der Waals surface area contributed by atoms with Gasteiger partial charge in [-0.25, -0.2) is 8.78 Å². The summed E-state index contributed by atoms with van der Waals surface area (Å²) < 4.78 is 27.6. The zero-order valence-corrected chi connectivity index (χ0v) is 6.64. The summed E-state index contributed by atoms with van der Waals surface area (Å²) in [6, 6.07) is 0. The van der Waals surface area contributed by atoms with E-state index in [9.17, 15) is 13.6 Å². The number of halogens is 2. The number of carbonyl (C=O) groups excluding carboxylic acids is 1. The van der Waals surface area contributed by atoms with Crippen molar-refractivity contribution in [1.29, 1.82) is 0 Å². The molecule has 2 nitrogen and oxygen atoms in total. The van der Waals surface area contributed by atoms with Crippen LogP contribution in [-0.4, -0.2) is 24.9 Å². The molecular weight excluding hydrogens is 154 g/mol. The minimum absolute atomic E-state index is 0.148. The van der Waals surface area contributed by atoms with Crippen LogP contribution in [-0.2, 0) is 9.53 Å². The van der Waals surface area contributed by atoms with E-state index in [0.717, 1.165) is 0 Å². The van der Waals surface area contributed by atoms with Gasteiger partial charge >= 0.3 is 0 Å². The van der Waals surface area contributed by atoms with Gasteiger partial charge in [0.05, 0.1) is 0 Å². The summed E-state index contributed by atoms with van der Waals surface area (Å²) in [6.45, 7) is 2.49. The van der Waals surface area contributed by atoms with E-state index in [2.05, 4.69) is 4.74 Å². The lowest BCUT2D eigenvalue weighted by atomic mass is 10.2. The van der Waals surface area contributed by atoms with Crippen molar-refractivity contribution in [3.05, 3.63) is 0 Å². The van der Waals surface area contributed by atoms with Gasteiger partial charge in [-0.2, -0.15) is 0 Å². The molecule has 0 saturated heterocycles. The van der Waals surface area contributed by atoms with Gasteiger partial charge in [-0.1, -0.05) is 6.92 Å². The maximum Gasteiger partial charge on any atom is 0.261 e. The van der Waals surface area contributed by atoms with E-state index in [1.165, 1.54) is 6.92 Å². The SMILES string of the molecule is CCC(=O)C(C)OCC(F)F. The van der Waals surface area contributed by atoms with Crippen molar-refractivity contribution in [3.8, 4) is 0 Å². The molecule has 0 aliphatic heterocycles. The molecule has 0 heterocycles. The first kappa shape index (κ1) is 10.5. The second-order valence-electron chi connectivity index (χ2n) is 2.19. The average molecular weight is 166 g/mol. The van der Waals surface area contributed by atoms with Gasteiger partial charge in [0.1, 0.15) is 12.7 Å². The van der Waals surface area contributed by atoms with Crippen LogP contribution in [0, 0.1) is 0 Å². The van der Waals surface area contributed by atoms with Crippen molar-refractivity contribution in [2.75, 3.05) is 6.61 Å². The third kappa shape index (κ3) is 4.84. The largest absolute Gasteiger partial charge is 0.365 e. The third-order valence-electron chi connectivity index (χ3n) is 1.27. The van der Waals surface area contributed by atoms with Crippen molar-refractivity contribution in [3.63, 3.8) is 0 Å². The number of Topliss-reactive ketones (excluding diaryl/α,β-unsaturated/α-hetero) is 1. The number of hydrogen-bond acceptors (Lipinski definition) is 2. The van der Waals surface area contributed by atoms with Gasteiger partial charge in [-0.15, -0.1) is 0 Å². The molecule has 0 aromatic heterocycles. The van der Waals surface area contributed by atoms with Crippen molar-refractivity contribution in [2.45, 2.75) is 32.8 Å². The smallest absolute Gasteiger partial charge is 0.261 e. The molecule has 4 heteroatoms. The molecule has 0 aromatic rings. The van der Waals surface area contributed by atoms with Crippen LogP contribution in [0.4, 0.5) is 8.78 Å². The molecule has 1 atom stereocenters. The minimum atomic E-state index is -2.50. The Morgan fingerprint density at radius 2 is 2.09 bits per heavy atom. The predicted octanol–water partition coefficient (Wildman–Crippen LogP) is 1.64. The molecule has 0 saturated carbocycles. The zero-order valence-electron chi connectivity index (χ0n) is 6.64. The summed E-state index contributed by atoms with van der Waals surface area (Å²) in [5.74, 6) is -0.148. The van der Waals surface area contributed by atoms with Crippen LogP contribution in [0.5, 0.6) is 0 Å². The molecule has 66 valence electrons. The standard InChI is InChI=1S/C7H12F2O2/c1-3-6(10)5(2)11-4-7(8)9/h5,7H,3-4H2,1-2H3. The first-order chi connectivity index (χ1) is 5.07. The van der Waals surface area contributed by atoms with Gasteiger partial charge in [0, 0.05) is 6.42 Å². The van der Waals surface area contributed by atoms with Crippen LogP contribution in [0.1, 0.15) is 20.3 Å². The Kier molecular flexibility index (Phi) is 4.94. The molecule has 0 amide bonds. The molecule has 0 aliphatic rings. The second-order valence-corrected chi connectivity index (χ2v) is 2.19. The van der Waals surface area contributed by atoms with Crippen molar-refractivity contribution in [1.82, 2.24) is 0 Å². The van der Waals surface area contributed by atoms with Crippen LogP contribution in [0.25, 0.3) is 0 Å². The fourth-order valence-electron chi connectivity index (χ4n) is 0.597. The van der Waals surface area contributed by atoms with Crippen molar-refractivity contribution >= 4 is 5.78 Å². The Hall–Kier alpha value is -0.510. The summed E-state index contributed by atoms with van der Waals surface area (Å²) >= 11 is 0. The van der Waals surface area contributed by atoms with Gasteiger partial charge < -0.3 is 4.74 Å². The Bertz CT molecular complexity index is 126. The summed E-state index contributed by atoms with van der Waals surface area (Å²) in [7, 11) is 0. The van der Waals surface area contributed by atoms with Crippen LogP contribution in [0.15, 0.2) is 0 Å². The van der Waals surface area contributed by atoms with E-state index >= 15 is 0 Å². The lowest BCUT2D eigenvalue weighted by Crippen LogP contribution is -2.22. The molecule has 0 N–H and O–H groups in total. The van der Waals surface area contributed by atoms with Crippen LogP contribution in [0.2, 0.25) is 0 Å². The maximum atomic E-state index is 11.5. The van der Waals surface area contributed by atoms with Gasteiger partial charge in [0.2, 0.25) is 0 Å². The molecule has 0 rings (SSSR count). The molecule has 0 aliphatic carbocycles. The van der Waals surface area contributed by atoms with E-state index in [4.69, 9.17) is 0 Å². The second kappa shape index (κ2) is 5.18. The molecule has 1 unspecified atom stereocenters. The van der Waals surface area contributed by atoms with Crippen LogP contribution < -0.4 is 0 Å². The lowest BCUT2D eigenvalue weighted by molar-refractivity contribution is -0.131. The van der Waals surface area contributed by atoms with E-state index in [1.807, 2.05) is 0 Å².